The van der Waals surface area contributed by atoms with E-state index in [1.165, 1.54) is 108 Å². The van der Waals surface area contributed by atoms with Crippen LogP contribution in [-0.2, 0) is 0 Å². The number of rotatable bonds is 6. The minimum absolute atomic E-state index is 0.311. The van der Waals surface area contributed by atoms with E-state index in [1.54, 1.807) is 0 Å². The molecule has 0 amide bonds. The molecule has 6 nitrogen and oxygen atoms in total. The van der Waals surface area contributed by atoms with Crippen LogP contribution in [0, 0.1) is 6.92 Å². The Morgan fingerprint density at radius 2 is 0.867 bits per heavy atom. The number of fused-ring (bicyclic) bond motifs is 9. The standard InChI is InChI=1S/C48H38N6S6/c1-22-4-7-25(43-40(22)49-19-52-43)31-10-13-34(55-31)37-16-28-46(58-37)29-17-38(35-14-11-32(56-35)26-8-5-23(2)41-44(26)53-20-50-41)60-48(29)30-18-39(59-47(28)30)36-15-12-33(57-36)27-9-6-24(3)42-45(27)54-21-51-42/h4-18,40-41,43-44,49-50,52-53H,19-21H2,1-3H3. The van der Waals surface area contributed by atoms with Gasteiger partial charge in [0, 0.05) is 105 Å². The van der Waals surface area contributed by atoms with E-state index in [9.17, 15) is 0 Å². The molecule has 4 unspecified atom stereocenters. The van der Waals surface area contributed by atoms with Gasteiger partial charge in [0.15, 0.2) is 0 Å². The molecule has 60 heavy (non-hydrogen) atoms. The number of nitrogens with one attached hydrogen (secondary N) is 4. The van der Waals surface area contributed by atoms with Crippen molar-refractivity contribution < 1.29 is 0 Å². The van der Waals surface area contributed by atoms with E-state index in [1.807, 2.05) is 68.0 Å². The Kier molecular flexibility index (Phi) is 8.46. The topological polar surface area (TPSA) is 72.8 Å². The van der Waals surface area contributed by atoms with E-state index in [2.05, 4.69) is 138 Å². The van der Waals surface area contributed by atoms with Crippen molar-refractivity contribution in [3.8, 4) is 39.7 Å². The van der Waals surface area contributed by atoms with Gasteiger partial charge in [0.25, 0.3) is 0 Å². The van der Waals surface area contributed by atoms with Crippen molar-refractivity contribution in [2.24, 2.45) is 9.98 Å². The number of benzene rings is 2. The zero-order chi connectivity index (χ0) is 39.8. The molecule has 0 bridgehead atoms. The number of nitrogens with zero attached hydrogens (tertiary/aromatic N) is 2. The average Bonchev–Trinajstić information content (AvgIpc) is 4.11. The molecule has 5 aliphatic rings. The Morgan fingerprint density at radius 3 is 1.38 bits per heavy atom. The van der Waals surface area contributed by atoms with Gasteiger partial charge in [0.2, 0.25) is 0 Å². The Morgan fingerprint density at radius 1 is 0.433 bits per heavy atom. The van der Waals surface area contributed by atoms with Crippen molar-refractivity contribution in [1.29, 1.82) is 0 Å². The first-order valence-electron chi connectivity index (χ1n) is 20.4. The van der Waals surface area contributed by atoms with E-state index in [0.717, 1.165) is 24.1 Å². The summed E-state index contributed by atoms with van der Waals surface area (Å²) in [6.45, 7) is 8.80. The molecule has 13 rings (SSSR count). The van der Waals surface area contributed by atoms with Gasteiger partial charge in [-0.3, -0.25) is 31.3 Å². The van der Waals surface area contributed by atoms with E-state index < -0.39 is 0 Å². The summed E-state index contributed by atoms with van der Waals surface area (Å²) in [6.07, 6.45) is 9.24. The molecule has 0 spiro atoms. The van der Waals surface area contributed by atoms with Gasteiger partial charge in [-0.2, -0.15) is 0 Å². The summed E-state index contributed by atoms with van der Waals surface area (Å²) in [5, 5.41) is 20.9. The maximum absolute atomic E-state index is 4.79. The summed E-state index contributed by atoms with van der Waals surface area (Å²) in [5.41, 5.74) is 7.94. The van der Waals surface area contributed by atoms with Crippen LogP contribution in [-0.4, -0.2) is 44.2 Å². The molecule has 3 aliphatic heterocycles. The molecule has 6 aromatic heterocycles. The lowest BCUT2D eigenvalue weighted by Gasteiger charge is -2.25. The van der Waals surface area contributed by atoms with Crippen molar-refractivity contribution in [2.75, 3.05) is 20.0 Å². The first kappa shape index (κ1) is 36.5. The third-order valence-corrected chi connectivity index (χ3v) is 20.3. The van der Waals surface area contributed by atoms with E-state index in [-0.39, 0.29) is 0 Å². The van der Waals surface area contributed by atoms with Crippen molar-refractivity contribution >= 4 is 109 Å². The second-order valence-electron chi connectivity index (χ2n) is 16.3. The third-order valence-electron chi connectivity index (χ3n) is 12.8. The number of allylic oxidation sites excluding steroid dienone is 4. The molecular formula is C48H38N6S6. The second kappa shape index (κ2) is 13.9. The molecule has 0 saturated carbocycles. The first-order chi connectivity index (χ1) is 29.4. The summed E-state index contributed by atoms with van der Waals surface area (Å²) in [4.78, 5) is 21.4. The van der Waals surface area contributed by atoms with Crippen LogP contribution >= 0.6 is 68.0 Å². The SMILES string of the molecule is CC1=CC=C(c2ccc(-c3cc4c(s3)c3cc(-c5ccc(C6=CC=C(C)C7NCNC67)s5)sc3c3cc(-c5ccc(-c6ccc(C)c7c6=NCN=7)s5)sc43)s2)C2NCNC12. The predicted molar refractivity (Wildman–Crippen MR) is 261 cm³/mol. The molecule has 2 aromatic carbocycles. The zero-order valence-corrected chi connectivity index (χ0v) is 37.8. The molecule has 296 valence electrons. The van der Waals surface area contributed by atoms with Crippen LogP contribution in [0.1, 0.15) is 29.2 Å². The molecule has 4 N–H and O–H groups in total. The largest absolute Gasteiger partial charge is 0.296 e. The molecule has 4 atom stereocenters. The lowest BCUT2D eigenvalue weighted by molar-refractivity contribution is 0.656. The highest BCUT2D eigenvalue weighted by Crippen LogP contribution is 2.53. The van der Waals surface area contributed by atoms with E-state index in [0.29, 0.717) is 30.8 Å². The van der Waals surface area contributed by atoms with Crippen LogP contribution < -0.4 is 32.0 Å². The van der Waals surface area contributed by atoms with Gasteiger partial charge in [-0.15, -0.1) is 68.0 Å². The van der Waals surface area contributed by atoms with Gasteiger partial charge < -0.3 is 0 Å². The van der Waals surface area contributed by atoms with Gasteiger partial charge in [-0.05, 0) is 92.1 Å². The summed E-state index contributed by atoms with van der Waals surface area (Å²) < 4.78 is 4.16. The van der Waals surface area contributed by atoms with Gasteiger partial charge in [-0.25, -0.2) is 0 Å². The van der Waals surface area contributed by atoms with Crippen LogP contribution in [0.3, 0.4) is 0 Å². The van der Waals surface area contributed by atoms with Crippen molar-refractivity contribution in [3.63, 3.8) is 0 Å². The fraction of sp³-hybridized carbons (Fsp3) is 0.208. The highest BCUT2D eigenvalue weighted by molar-refractivity contribution is 7.32. The maximum atomic E-state index is 4.79. The normalized spacial score (nSPS) is 22.1. The third kappa shape index (κ3) is 5.60. The van der Waals surface area contributed by atoms with Crippen molar-refractivity contribution in [2.45, 2.75) is 44.9 Å². The molecule has 8 aromatic rings. The summed E-state index contributed by atoms with van der Waals surface area (Å²) in [5.74, 6) is 0. The molecule has 2 aliphatic carbocycles. The van der Waals surface area contributed by atoms with Crippen LogP contribution in [0.15, 0.2) is 112 Å². The second-order valence-corrected chi connectivity index (χ2v) is 22.7. The number of hydrogen-bond donors (Lipinski definition) is 4. The Labute approximate surface area is 370 Å². The highest BCUT2D eigenvalue weighted by Gasteiger charge is 2.35. The smallest absolute Gasteiger partial charge is 0.130 e. The van der Waals surface area contributed by atoms with Crippen LogP contribution in [0.2, 0.25) is 0 Å². The number of hydrogen-bond acceptors (Lipinski definition) is 12. The Balaban J connectivity index is 0.944. The highest BCUT2D eigenvalue weighted by atomic mass is 32.1. The Bertz CT molecular complexity index is 3230. The van der Waals surface area contributed by atoms with Crippen molar-refractivity contribution in [3.05, 3.63) is 128 Å². The molecule has 12 heteroatoms. The van der Waals surface area contributed by atoms with Crippen LogP contribution in [0.4, 0.5) is 0 Å². The monoisotopic (exact) mass is 890 g/mol. The minimum atomic E-state index is 0.311. The predicted octanol–water partition coefficient (Wildman–Crippen LogP) is 11.2. The van der Waals surface area contributed by atoms with Crippen LogP contribution in [0.5, 0.6) is 0 Å². The maximum Gasteiger partial charge on any atom is 0.130 e. The van der Waals surface area contributed by atoms with E-state index >= 15 is 0 Å². The van der Waals surface area contributed by atoms with Crippen LogP contribution in [0.25, 0.3) is 81.1 Å². The lowest BCUT2D eigenvalue weighted by Crippen LogP contribution is -2.36. The van der Waals surface area contributed by atoms with Gasteiger partial charge in [-0.1, -0.05) is 47.6 Å². The average molecular weight is 891 g/mol. The summed E-state index contributed by atoms with van der Waals surface area (Å²) in [6, 6.07) is 27.2. The Hall–Kier alpha value is -4.18. The van der Waals surface area contributed by atoms with Gasteiger partial charge >= 0.3 is 0 Å². The summed E-state index contributed by atoms with van der Waals surface area (Å²) in [7, 11) is 0. The quantitative estimate of drug-likeness (QED) is 0.134. The fourth-order valence-electron chi connectivity index (χ4n) is 9.71. The molecule has 2 saturated heterocycles. The minimum Gasteiger partial charge on any atom is -0.296 e. The fourth-order valence-corrected chi connectivity index (χ4v) is 16.9. The first-order valence-corrected chi connectivity index (χ1v) is 25.3. The zero-order valence-electron chi connectivity index (χ0n) is 32.9. The molecule has 2 fully saturated rings. The van der Waals surface area contributed by atoms with Crippen molar-refractivity contribution in [1.82, 2.24) is 21.3 Å². The molecule has 9 heterocycles. The molecule has 0 radical (unpaired) electrons. The van der Waals surface area contributed by atoms with E-state index in [4.69, 9.17) is 4.99 Å². The van der Waals surface area contributed by atoms with Gasteiger partial charge in [0.05, 0.1) is 22.8 Å². The summed E-state index contributed by atoms with van der Waals surface area (Å²) >= 11 is 11.6. The lowest BCUT2D eigenvalue weighted by atomic mass is 9.89. The number of thiophene rings is 6. The number of aryl methyl sites for hydroxylation is 1. The molecular weight excluding hydrogens is 853 g/mol. The van der Waals surface area contributed by atoms with Gasteiger partial charge in [0.1, 0.15) is 6.67 Å².